The van der Waals surface area contributed by atoms with Crippen molar-refractivity contribution in [2.24, 2.45) is 0 Å². The third-order valence-corrected chi connectivity index (χ3v) is 6.19. The normalized spacial score (nSPS) is 24.4. The van der Waals surface area contributed by atoms with Crippen LogP contribution in [-0.4, -0.2) is 8.96 Å². The Labute approximate surface area is 131 Å². The first-order valence-electron chi connectivity index (χ1n) is 7.43. The fraction of sp³-hybridized carbons (Fsp3) is 0.625. The van der Waals surface area contributed by atoms with Crippen LogP contribution in [-0.2, 0) is 22.6 Å². The molecule has 0 saturated heterocycles. The monoisotopic (exact) mass is 331 g/mol. The first-order chi connectivity index (χ1) is 10.0. The lowest BCUT2D eigenvalue weighted by molar-refractivity contribution is -0.137. The van der Waals surface area contributed by atoms with Crippen LogP contribution in [0.3, 0.4) is 0 Å². The van der Waals surface area contributed by atoms with E-state index in [1.165, 1.54) is 6.07 Å². The molecule has 2 aliphatic rings. The van der Waals surface area contributed by atoms with Gasteiger partial charge < -0.3 is 0 Å². The molecule has 0 radical (unpaired) electrons. The summed E-state index contributed by atoms with van der Waals surface area (Å²) in [4.78, 5) is 0. The first-order valence-corrected chi connectivity index (χ1v) is 8.58. The topological polar surface area (TPSA) is 29.1 Å². The Bertz CT molecular complexity index is 629. The van der Waals surface area contributed by atoms with E-state index in [-0.39, 0.29) is 11.5 Å². The molecule has 122 valence electrons. The van der Waals surface area contributed by atoms with Crippen LogP contribution in [0, 0.1) is 0 Å². The highest BCUT2D eigenvalue weighted by atomic mass is 32.2. The molecule has 1 aromatic rings. The molecule has 6 heteroatoms. The van der Waals surface area contributed by atoms with E-state index < -0.39 is 27.5 Å². The van der Waals surface area contributed by atoms with Crippen molar-refractivity contribution in [1.29, 1.82) is 0 Å². The SMILES string of the molecule is CC(C)(C)[S@@](=O)N[C@@H]1CC2(CC2)c2cc(C(F)(F)F)ccc21. The van der Waals surface area contributed by atoms with Crippen LogP contribution in [0.15, 0.2) is 18.2 Å². The van der Waals surface area contributed by atoms with E-state index in [9.17, 15) is 17.4 Å². The molecule has 22 heavy (non-hydrogen) atoms. The number of hydrogen-bond donors (Lipinski definition) is 1. The van der Waals surface area contributed by atoms with Crippen LogP contribution < -0.4 is 4.72 Å². The molecular formula is C16H20F3NOS. The fourth-order valence-corrected chi connectivity index (χ4v) is 3.96. The average molecular weight is 331 g/mol. The van der Waals surface area contributed by atoms with Gasteiger partial charge in [-0.05, 0) is 68.7 Å². The number of nitrogens with one attached hydrogen (secondary N) is 1. The summed E-state index contributed by atoms with van der Waals surface area (Å²) in [5.41, 5.74) is 0.958. The van der Waals surface area contributed by atoms with Gasteiger partial charge in [0.25, 0.3) is 0 Å². The Morgan fingerprint density at radius 1 is 1.23 bits per heavy atom. The predicted molar refractivity (Wildman–Crippen MR) is 80.7 cm³/mol. The van der Waals surface area contributed by atoms with Crippen LogP contribution in [0.2, 0.25) is 0 Å². The summed E-state index contributed by atoms with van der Waals surface area (Å²) in [5, 5.41) is 0. The van der Waals surface area contributed by atoms with E-state index in [1.54, 1.807) is 6.07 Å². The maximum Gasteiger partial charge on any atom is 0.416 e. The van der Waals surface area contributed by atoms with Crippen molar-refractivity contribution in [2.75, 3.05) is 0 Å². The van der Waals surface area contributed by atoms with Gasteiger partial charge >= 0.3 is 6.18 Å². The van der Waals surface area contributed by atoms with Crippen molar-refractivity contribution < 1.29 is 17.4 Å². The van der Waals surface area contributed by atoms with Crippen molar-refractivity contribution >= 4 is 11.0 Å². The van der Waals surface area contributed by atoms with Gasteiger partial charge in [0.1, 0.15) is 0 Å². The first kappa shape index (κ1) is 16.0. The van der Waals surface area contributed by atoms with Crippen molar-refractivity contribution in [3.8, 4) is 0 Å². The second-order valence-electron chi connectivity index (χ2n) is 7.34. The maximum atomic E-state index is 12.9. The number of alkyl halides is 3. The highest BCUT2D eigenvalue weighted by molar-refractivity contribution is 7.84. The summed E-state index contributed by atoms with van der Waals surface area (Å²) in [6, 6.07) is 3.86. The van der Waals surface area contributed by atoms with Gasteiger partial charge in [-0.2, -0.15) is 13.2 Å². The summed E-state index contributed by atoms with van der Waals surface area (Å²) < 4.78 is 53.8. The van der Waals surface area contributed by atoms with E-state index in [1.807, 2.05) is 20.8 Å². The number of benzene rings is 1. The molecule has 1 fully saturated rings. The van der Waals surface area contributed by atoms with E-state index in [4.69, 9.17) is 0 Å². The zero-order chi connectivity index (χ0) is 16.3. The van der Waals surface area contributed by atoms with Gasteiger partial charge in [0.2, 0.25) is 0 Å². The van der Waals surface area contributed by atoms with Crippen molar-refractivity contribution in [1.82, 2.24) is 4.72 Å². The lowest BCUT2D eigenvalue weighted by Gasteiger charge is -2.22. The molecule has 0 heterocycles. The third kappa shape index (κ3) is 2.71. The molecular weight excluding hydrogens is 311 g/mol. The molecule has 2 nitrogen and oxygen atoms in total. The second kappa shape index (κ2) is 4.81. The molecule has 0 amide bonds. The predicted octanol–water partition coefficient (Wildman–Crippen LogP) is 4.23. The Morgan fingerprint density at radius 2 is 1.86 bits per heavy atom. The summed E-state index contributed by atoms with van der Waals surface area (Å²) in [6.07, 6.45) is -1.74. The third-order valence-electron chi connectivity index (χ3n) is 4.58. The van der Waals surface area contributed by atoms with Crippen LogP contribution in [0.1, 0.15) is 62.8 Å². The van der Waals surface area contributed by atoms with Crippen LogP contribution in [0.4, 0.5) is 13.2 Å². The molecule has 1 aromatic carbocycles. The number of halogens is 3. The quantitative estimate of drug-likeness (QED) is 0.863. The number of hydrogen-bond acceptors (Lipinski definition) is 1. The number of fused-ring (bicyclic) bond motifs is 2. The lowest BCUT2D eigenvalue weighted by atomic mass is 9.96. The van der Waals surface area contributed by atoms with Gasteiger partial charge in [-0.15, -0.1) is 0 Å². The highest BCUT2D eigenvalue weighted by Crippen LogP contribution is 2.60. The molecule has 3 rings (SSSR count). The Hall–Kier alpha value is -0.880. The van der Waals surface area contributed by atoms with E-state index >= 15 is 0 Å². The van der Waals surface area contributed by atoms with Crippen LogP contribution >= 0.6 is 0 Å². The van der Waals surface area contributed by atoms with Gasteiger partial charge in [0.15, 0.2) is 0 Å². The Balaban J connectivity index is 1.93. The van der Waals surface area contributed by atoms with E-state index in [0.717, 1.165) is 36.5 Å². The molecule has 0 aromatic heterocycles. The molecule has 2 atom stereocenters. The van der Waals surface area contributed by atoms with Gasteiger partial charge in [0, 0.05) is 6.04 Å². The zero-order valence-corrected chi connectivity index (χ0v) is 13.7. The second-order valence-corrected chi connectivity index (χ2v) is 9.33. The largest absolute Gasteiger partial charge is 0.416 e. The minimum atomic E-state index is -4.31. The molecule has 1 N–H and O–H groups in total. The summed E-state index contributed by atoms with van der Waals surface area (Å²) in [5.74, 6) is 0. The molecule has 0 bridgehead atoms. The van der Waals surface area contributed by atoms with Gasteiger partial charge in [-0.1, -0.05) is 6.07 Å². The average Bonchev–Trinajstić information content (AvgIpc) is 3.09. The van der Waals surface area contributed by atoms with Gasteiger partial charge in [-0.3, -0.25) is 0 Å². The minimum absolute atomic E-state index is 0.125. The zero-order valence-electron chi connectivity index (χ0n) is 12.9. The Kier molecular flexibility index (Phi) is 3.49. The van der Waals surface area contributed by atoms with Crippen LogP contribution in [0.5, 0.6) is 0 Å². The molecule has 1 saturated carbocycles. The Morgan fingerprint density at radius 3 is 2.36 bits per heavy atom. The molecule has 2 aliphatic carbocycles. The van der Waals surface area contributed by atoms with Crippen molar-refractivity contribution in [2.45, 2.75) is 62.4 Å². The van der Waals surface area contributed by atoms with E-state index in [0.29, 0.717) is 0 Å². The van der Waals surface area contributed by atoms with Crippen LogP contribution in [0.25, 0.3) is 0 Å². The summed E-state index contributed by atoms with van der Waals surface area (Å²) in [7, 11) is -1.23. The van der Waals surface area contributed by atoms with Crippen molar-refractivity contribution in [3.05, 3.63) is 34.9 Å². The van der Waals surface area contributed by atoms with Gasteiger partial charge in [0.05, 0.1) is 21.3 Å². The van der Waals surface area contributed by atoms with Gasteiger partial charge in [-0.25, -0.2) is 8.93 Å². The van der Waals surface area contributed by atoms with E-state index in [2.05, 4.69) is 4.72 Å². The minimum Gasteiger partial charge on any atom is -0.242 e. The fourth-order valence-electron chi connectivity index (χ4n) is 3.14. The highest BCUT2D eigenvalue weighted by Gasteiger charge is 2.53. The molecule has 0 unspecified atom stereocenters. The lowest BCUT2D eigenvalue weighted by Crippen LogP contribution is -2.35. The number of rotatable bonds is 2. The summed E-state index contributed by atoms with van der Waals surface area (Å²) >= 11 is 0. The summed E-state index contributed by atoms with van der Waals surface area (Å²) in [6.45, 7) is 5.64. The molecule has 0 aliphatic heterocycles. The smallest absolute Gasteiger partial charge is 0.242 e. The maximum absolute atomic E-state index is 12.9. The van der Waals surface area contributed by atoms with Crippen molar-refractivity contribution in [3.63, 3.8) is 0 Å². The standard InChI is InChI=1S/C16H20F3NOS/c1-14(2,3)22(21)20-13-9-15(6-7-15)12-8-10(16(17,18)19)4-5-11(12)13/h4-5,8,13,20H,6-7,9H2,1-3H3/t13-,22-/m1/s1. The molecule has 1 spiro atoms.